The van der Waals surface area contributed by atoms with Crippen molar-refractivity contribution in [2.24, 2.45) is 5.92 Å². The molecule has 0 saturated carbocycles. The number of benzene rings is 3. The van der Waals surface area contributed by atoms with Gasteiger partial charge in [0.1, 0.15) is 18.2 Å². The molecule has 0 aromatic heterocycles. The van der Waals surface area contributed by atoms with E-state index in [0.29, 0.717) is 25.6 Å². The van der Waals surface area contributed by atoms with Crippen molar-refractivity contribution in [2.45, 2.75) is 45.8 Å². The van der Waals surface area contributed by atoms with E-state index in [2.05, 4.69) is 37.4 Å². The van der Waals surface area contributed by atoms with Gasteiger partial charge in [-0.15, -0.1) is 0 Å². The van der Waals surface area contributed by atoms with Gasteiger partial charge in [-0.1, -0.05) is 62.4 Å². The smallest absolute Gasteiger partial charge is 0.227 e. The number of anilines is 1. The SMILES string of the molecule is CC(C)C[C@H]1COc2ccccc2CNc2ccccc2CN1C(=O)Cc1ccc(F)cc1. The molecule has 1 aliphatic rings. The predicted molar refractivity (Wildman–Crippen MR) is 130 cm³/mol. The van der Waals surface area contributed by atoms with Crippen molar-refractivity contribution in [3.8, 4) is 5.75 Å². The number of halogens is 1. The second-order valence-corrected chi connectivity index (χ2v) is 9.04. The van der Waals surface area contributed by atoms with Gasteiger partial charge in [0.2, 0.25) is 5.91 Å². The van der Waals surface area contributed by atoms with Gasteiger partial charge < -0.3 is 15.0 Å². The molecule has 0 fully saturated rings. The van der Waals surface area contributed by atoms with Crippen LogP contribution in [0.5, 0.6) is 5.75 Å². The van der Waals surface area contributed by atoms with Crippen molar-refractivity contribution in [2.75, 3.05) is 11.9 Å². The summed E-state index contributed by atoms with van der Waals surface area (Å²) in [4.78, 5) is 15.5. The van der Waals surface area contributed by atoms with Gasteiger partial charge >= 0.3 is 0 Å². The number of para-hydroxylation sites is 2. The van der Waals surface area contributed by atoms with Crippen LogP contribution in [0.2, 0.25) is 0 Å². The fraction of sp³-hybridized carbons (Fsp3) is 0.321. The first-order valence-corrected chi connectivity index (χ1v) is 11.6. The second-order valence-electron chi connectivity index (χ2n) is 9.04. The van der Waals surface area contributed by atoms with Gasteiger partial charge in [0.15, 0.2) is 0 Å². The Morgan fingerprint density at radius 3 is 2.48 bits per heavy atom. The Morgan fingerprint density at radius 2 is 1.73 bits per heavy atom. The molecule has 0 bridgehead atoms. The number of carbonyl (C=O) groups excluding carboxylic acids is 1. The van der Waals surface area contributed by atoms with Crippen LogP contribution in [0.15, 0.2) is 72.8 Å². The molecule has 1 heterocycles. The average molecular weight is 447 g/mol. The lowest BCUT2D eigenvalue weighted by molar-refractivity contribution is -0.134. The van der Waals surface area contributed by atoms with Crippen molar-refractivity contribution >= 4 is 11.6 Å². The second kappa shape index (κ2) is 10.5. The van der Waals surface area contributed by atoms with E-state index in [1.807, 2.05) is 35.2 Å². The van der Waals surface area contributed by atoms with Crippen molar-refractivity contribution in [3.63, 3.8) is 0 Å². The third kappa shape index (κ3) is 5.92. The van der Waals surface area contributed by atoms with E-state index in [-0.39, 0.29) is 24.2 Å². The molecule has 0 unspecified atom stereocenters. The number of ether oxygens (including phenoxy) is 1. The summed E-state index contributed by atoms with van der Waals surface area (Å²) < 4.78 is 19.7. The van der Waals surface area contributed by atoms with Crippen LogP contribution in [-0.4, -0.2) is 23.5 Å². The van der Waals surface area contributed by atoms with Gasteiger partial charge in [0.25, 0.3) is 0 Å². The Hall–Kier alpha value is -3.34. The van der Waals surface area contributed by atoms with E-state index in [0.717, 1.165) is 34.5 Å². The van der Waals surface area contributed by atoms with E-state index >= 15 is 0 Å². The molecule has 0 radical (unpaired) electrons. The topological polar surface area (TPSA) is 41.6 Å². The molecule has 5 heteroatoms. The molecule has 33 heavy (non-hydrogen) atoms. The third-order valence-corrected chi connectivity index (χ3v) is 6.00. The minimum absolute atomic E-state index is 0.0122. The summed E-state index contributed by atoms with van der Waals surface area (Å²) in [7, 11) is 0. The minimum Gasteiger partial charge on any atom is -0.491 e. The predicted octanol–water partition coefficient (Wildman–Crippen LogP) is 5.82. The van der Waals surface area contributed by atoms with Crippen LogP contribution in [0.1, 0.15) is 37.0 Å². The van der Waals surface area contributed by atoms with E-state index in [1.165, 1.54) is 12.1 Å². The summed E-state index contributed by atoms with van der Waals surface area (Å²) in [5.74, 6) is 0.946. The van der Waals surface area contributed by atoms with Crippen molar-refractivity contribution in [3.05, 3.63) is 95.3 Å². The largest absolute Gasteiger partial charge is 0.491 e. The highest BCUT2D eigenvalue weighted by molar-refractivity contribution is 5.79. The Balaban J connectivity index is 1.70. The molecule has 1 aliphatic heterocycles. The maximum Gasteiger partial charge on any atom is 0.227 e. The normalized spacial score (nSPS) is 16.1. The number of carbonyl (C=O) groups is 1. The quantitative estimate of drug-likeness (QED) is 0.549. The van der Waals surface area contributed by atoms with E-state index in [4.69, 9.17) is 4.74 Å². The zero-order valence-electron chi connectivity index (χ0n) is 19.3. The fourth-order valence-electron chi connectivity index (χ4n) is 4.31. The maximum absolute atomic E-state index is 13.6. The summed E-state index contributed by atoms with van der Waals surface area (Å²) in [5, 5.41) is 3.53. The molecule has 3 aromatic carbocycles. The lowest BCUT2D eigenvalue weighted by Crippen LogP contribution is -2.44. The number of hydrogen-bond donors (Lipinski definition) is 1. The van der Waals surface area contributed by atoms with E-state index in [1.54, 1.807) is 12.1 Å². The maximum atomic E-state index is 13.6. The number of amides is 1. The van der Waals surface area contributed by atoms with Crippen LogP contribution >= 0.6 is 0 Å². The van der Waals surface area contributed by atoms with Crippen LogP contribution in [0.25, 0.3) is 0 Å². The van der Waals surface area contributed by atoms with Crippen LogP contribution in [0, 0.1) is 11.7 Å². The molecule has 3 aromatic rings. The number of nitrogens with one attached hydrogen (secondary N) is 1. The van der Waals surface area contributed by atoms with Crippen LogP contribution < -0.4 is 10.1 Å². The Labute approximate surface area is 195 Å². The average Bonchev–Trinajstić information content (AvgIpc) is 2.83. The molecule has 4 nitrogen and oxygen atoms in total. The molecule has 172 valence electrons. The van der Waals surface area contributed by atoms with Crippen molar-refractivity contribution in [1.82, 2.24) is 4.90 Å². The zero-order valence-corrected chi connectivity index (χ0v) is 19.3. The van der Waals surface area contributed by atoms with Crippen LogP contribution in [-0.2, 0) is 24.3 Å². The third-order valence-electron chi connectivity index (χ3n) is 6.00. The highest BCUT2D eigenvalue weighted by Gasteiger charge is 2.27. The Kier molecular flexibility index (Phi) is 7.28. The molecular weight excluding hydrogens is 415 g/mol. The van der Waals surface area contributed by atoms with E-state index < -0.39 is 0 Å². The molecule has 1 atom stereocenters. The molecule has 1 N–H and O–H groups in total. The monoisotopic (exact) mass is 446 g/mol. The summed E-state index contributed by atoms with van der Waals surface area (Å²) >= 11 is 0. The first-order valence-electron chi connectivity index (χ1n) is 11.6. The van der Waals surface area contributed by atoms with Gasteiger partial charge in [-0.3, -0.25) is 4.79 Å². The fourth-order valence-corrected chi connectivity index (χ4v) is 4.31. The minimum atomic E-state index is -0.300. The number of rotatable bonds is 4. The lowest BCUT2D eigenvalue weighted by Gasteiger charge is -2.33. The zero-order chi connectivity index (χ0) is 23.2. The summed E-state index contributed by atoms with van der Waals surface area (Å²) in [5.41, 5.74) is 3.97. The van der Waals surface area contributed by atoms with Crippen molar-refractivity contribution in [1.29, 1.82) is 0 Å². The highest BCUT2D eigenvalue weighted by atomic mass is 19.1. The van der Waals surface area contributed by atoms with Gasteiger partial charge in [0, 0.05) is 24.3 Å². The summed E-state index contributed by atoms with van der Waals surface area (Å²) in [6.45, 7) is 5.88. The van der Waals surface area contributed by atoms with Gasteiger partial charge in [-0.25, -0.2) is 4.39 Å². The summed E-state index contributed by atoms with van der Waals surface area (Å²) in [6, 6.07) is 22.2. The molecule has 1 amide bonds. The van der Waals surface area contributed by atoms with E-state index in [9.17, 15) is 9.18 Å². The van der Waals surface area contributed by atoms with Gasteiger partial charge in [-0.2, -0.15) is 0 Å². The van der Waals surface area contributed by atoms with Crippen LogP contribution in [0.4, 0.5) is 10.1 Å². The highest BCUT2D eigenvalue weighted by Crippen LogP contribution is 2.27. The molecule has 4 rings (SSSR count). The lowest BCUT2D eigenvalue weighted by atomic mass is 10.0. The standard InChI is InChI=1S/C28H31FN2O2/c1-20(2)15-25-19-33-27-10-6-4-7-22(27)17-30-26-9-5-3-8-23(26)18-31(25)28(32)16-21-11-13-24(29)14-12-21/h3-14,20,25,30H,15-19H2,1-2H3/t25-/m0/s1. The number of fused-ring (bicyclic) bond motifs is 2. The number of hydrogen-bond acceptors (Lipinski definition) is 3. The van der Waals surface area contributed by atoms with Gasteiger partial charge in [0.05, 0.1) is 12.5 Å². The molecular formula is C28H31FN2O2. The Morgan fingerprint density at radius 1 is 1.03 bits per heavy atom. The molecule has 0 saturated heterocycles. The first kappa shape index (κ1) is 22.8. The van der Waals surface area contributed by atoms with Crippen molar-refractivity contribution < 1.29 is 13.9 Å². The summed E-state index contributed by atoms with van der Waals surface area (Å²) in [6.07, 6.45) is 1.05. The first-order chi connectivity index (χ1) is 16.0. The van der Waals surface area contributed by atoms with Crippen LogP contribution in [0.3, 0.4) is 0 Å². The Bertz CT molecular complexity index is 1080. The molecule has 0 aliphatic carbocycles. The number of nitrogens with zero attached hydrogens (tertiary/aromatic N) is 1. The van der Waals surface area contributed by atoms with Gasteiger partial charge in [-0.05, 0) is 47.7 Å². The molecule has 0 spiro atoms.